The van der Waals surface area contributed by atoms with Crippen molar-refractivity contribution < 1.29 is 21.9 Å². The second-order valence-corrected chi connectivity index (χ2v) is 0.906. The number of carbonyl (C=O) groups is 1. The molecular weight excluding hydrogens is 130 g/mol. The van der Waals surface area contributed by atoms with E-state index in [1.54, 1.807) is 0 Å². The van der Waals surface area contributed by atoms with Crippen LogP contribution in [0.2, 0.25) is 0 Å². The van der Waals surface area contributed by atoms with Gasteiger partial charge in [0.2, 0.25) is 0 Å². The van der Waals surface area contributed by atoms with Gasteiger partial charge >= 0.3 is 0 Å². The van der Waals surface area contributed by atoms with Crippen LogP contribution in [0.1, 0.15) is 6.92 Å². The summed E-state index contributed by atoms with van der Waals surface area (Å²) in [6.07, 6.45) is 0. The van der Waals surface area contributed by atoms with Crippen molar-refractivity contribution in [2.45, 2.75) is 6.92 Å². The molecule has 0 aromatic heterocycles. The molecule has 0 aromatic carbocycles. The van der Waals surface area contributed by atoms with E-state index in [0.29, 0.717) is 0 Å². The zero-order valence-corrected chi connectivity index (χ0v) is 4.44. The molecule has 0 rings (SSSR count). The van der Waals surface area contributed by atoms with Crippen molar-refractivity contribution in [1.29, 1.82) is 0 Å². The van der Waals surface area contributed by atoms with Crippen LogP contribution in [0, 0.1) is 0 Å². The summed E-state index contributed by atoms with van der Waals surface area (Å²) >= 11 is 0. The zero-order chi connectivity index (χ0) is 4.28. The molecule has 1 radical (unpaired) electrons. The number of rotatable bonds is 1. The molecule has 0 aliphatic heterocycles. The molecule has 0 unspecified atom stereocenters. The van der Waals surface area contributed by atoms with Crippen LogP contribution in [0.25, 0.3) is 0 Å². The van der Waals surface area contributed by atoms with Crippen LogP contribution in [0.15, 0.2) is 0 Å². The average Bonchev–Trinajstić information content (AvgIpc) is 1.38. The van der Waals surface area contributed by atoms with Gasteiger partial charge in [0, 0.05) is 17.1 Å². The monoisotopic (exact) mass is 136 g/mol. The van der Waals surface area contributed by atoms with Gasteiger partial charge in [0.25, 0.3) is 0 Å². The third-order valence-electron chi connectivity index (χ3n) is 0.287. The van der Waals surface area contributed by atoms with Gasteiger partial charge < -0.3 is 5.73 Å². The second kappa shape index (κ2) is 5.15. The maximum absolute atomic E-state index is 9.69. The van der Waals surface area contributed by atoms with Gasteiger partial charge in [-0.25, -0.2) is 0 Å². The average molecular weight is 137 g/mol. The van der Waals surface area contributed by atoms with E-state index in [4.69, 9.17) is 5.73 Å². The molecule has 2 nitrogen and oxygen atoms in total. The topological polar surface area (TPSA) is 43.1 Å². The third kappa shape index (κ3) is 8.91. The van der Waals surface area contributed by atoms with Crippen molar-refractivity contribution in [2.24, 2.45) is 5.73 Å². The largest absolute Gasteiger partial charge is 0.324 e. The fourth-order valence-corrected chi connectivity index (χ4v) is 0. The van der Waals surface area contributed by atoms with Crippen molar-refractivity contribution >= 4 is 5.78 Å². The number of ketones is 1. The normalized spacial score (nSPS) is 6.33. The molecule has 41 valence electrons. The number of carbonyl (C=O) groups excluding carboxylic acids is 1. The summed E-state index contributed by atoms with van der Waals surface area (Å²) in [5, 5.41) is 0. The predicted molar refractivity (Wildman–Crippen MR) is 19.7 cm³/mol. The Morgan fingerprint density at radius 1 is 1.83 bits per heavy atom. The summed E-state index contributed by atoms with van der Waals surface area (Å²) in [5.41, 5.74) is 4.82. The first-order valence-electron chi connectivity index (χ1n) is 1.47. The fraction of sp³-hybridized carbons (Fsp3) is 0.667. The van der Waals surface area contributed by atoms with Crippen LogP contribution in [-0.4, -0.2) is 12.3 Å². The summed E-state index contributed by atoms with van der Waals surface area (Å²) in [4.78, 5) is 9.69. The first-order chi connectivity index (χ1) is 2.27. The molecule has 3 heteroatoms. The van der Waals surface area contributed by atoms with Gasteiger partial charge in [0.15, 0.2) is 0 Å². The molecule has 0 aliphatic carbocycles. The Labute approximate surface area is 47.6 Å². The molecule has 0 atom stereocenters. The van der Waals surface area contributed by atoms with Gasteiger partial charge in [0.05, 0.1) is 6.54 Å². The van der Waals surface area contributed by atoms with Crippen LogP contribution in [0.3, 0.4) is 0 Å². The van der Waals surface area contributed by atoms with Crippen LogP contribution >= 0.6 is 0 Å². The van der Waals surface area contributed by atoms with Gasteiger partial charge in [-0.15, -0.1) is 0 Å². The maximum atomic E-state index is 9.69. The summed E-state index contributed by atoms with van der Waals surface area (Å²) in [6.45, 7) is 1.62. The van der Waals surface area contributed by atoms with E-state index in [9.17, 15) is 4.79 Å². The quantitative estimate of drug-likeness (QED) is 0.496. The molecule has 0 saturated heterocycles. The summed E-state index contributed by atoms with van der Waals surface area (Å²) in [6, 6.07) is 0. The Morgan fingerprint density at radius 2 is 2.00 bits per heavy atom. The minimum atomic E-state index is 0. The molecule has 0 aromatic rings. The maximum Gasteiger partial charge on any atom is 0.143 e. The van der Waals surface area contributed by atoms with E-state index in [2.05, 4.69) is 0 Å². The van der Waals surface area contributed by atoms with Gasteiger partial charge in [-0.05, 0) is 6.92 Å². The Hall–Kier alpha value is 0.149. The Morgan fingerprint density at radius 3 is 2.00 bits per heavy atom. The van der Waals surface area contributed by atoms with E-state index < -0.39 is 0 Å². The molecule has 0 heterocycles. The second-order valence-electron chi connectivity index (χ2n) is 0.906. The number of hydrogen-bond donors (Lipinski definition) is 1. The molecular formula is C3H7CuNO. The summed E-state index contributed by atoms with van der Waals surface area (Å²) < 4.78 is 0. The molecule has 0 spiro atoms. The van der Waals surface area contributed by atoms with E-state index in [1.165, 1.54) is 6.92 Å². The molecule has 0 fully saturated rings. The minimum absolute atomic E-state index is 0. The van der Waals surface area contributed by atoms with E-state index in [0.717, 1.165) is 0 Å². The fourth-order valence-electron chi connectivity index (χ4n) is 0. The minimum Gasteiger partial charge on any atom is -0.324 e. The number of nitrogens with two attached hydrogens (primary N) is 1. The van der Waals surface area contributed by atoms with Crippen LogP contribution in [0.5, 0.6) is 0 Å². The van der Waals surface area contributed by atoms with Gasteiger partial charge in [-0.1, -0.05) is 0 Å². The van der Waals surface area contributed by atoms with Gasteiger partial charge in [0.1, 0.15) is 5.78 Å². The van der Waals surface area contributed by atoms with E-state index in [1.807, 2.05) is 0 Å². The molecule has 0 saturated carbocycles. The Bertz CT molecular complexity index is 46.1. The van der Waals surface area contributed by atoms with Crippen molar-refractivity contribution in [3.63, 3.8) is 0 Å². The predicted octanol–water partition coefficient (Wildman–Crippen LogP) is -0.468. The van der Waals surface area contributed by atoms with E-state index in [-0.39, 0.29) is 29.4 Å². The number of hydrogen-bond acceptors (Lipinski definition) is 2. The smallest absolute Gasteiger partial charge is 0.143 e. The van der Waals surface area contributed by atoms with Crippen molar-refractivity contribution in [3.8, 4) is 0 Å². The van der Waals surface area contributed by atoms with Crippen molar-refractivity contribution in [1.82, 2.24) is 0 Å². The summed E-state index contributed by atoms with van der Waals surface area (Å²) in [7, 11) is 0. The standard InChI is InChI=1S/C3H7NO.Cu/c1-3(5)2-4;/h2,4H2,1H3;. The first kappa shape index (κ1) is 9.47. The Kier molecular flexibility index (Phi) is 8.13. The van der Waals surface area contributed by atoms with Gasteiger partial charge in [-0.2, -0.15) is 0 Å². The molecule has 2 N–H and O–H groups in total. The van der Waals surface area contributed by atoms with Crippen LogP contribution < -0.4 is 5.73 Å². The molecule has 6 heavy (non-hydrogen) atoms. The molecule has 0 amide bonds. The zero-order valence-electron chi connectivity index (χ0n) is 3.49. The van der Waals surface area contributed by atoms with Crippen molar-refractivity contribution in [2.75, 3.05) is 6.54 Å². The van der Waals surface area contributed by atoms with Crippen molar-refractivity contribution in [3.05, 3.63) is 0 Å². The van der Waals surface area contributed by atoms with Gasteiger partial charge in [-0.3, -0.25) is 4.79 Å². The SMILES string of the molecule is CC(=O)CN.[Cu]. The summed E-state index contributed by atoms with van der Waals surface area (Å²) in [5.74, 6) is 0.0324. The van der Waals surface area contributed by atoms with E-state index >= 15 is 0 Å². The molecule has 0 bridgehead atoms. The van der Waals surface area contributed by atoms with Crippen LogP contribution in [-0.2, 0) is 21.9 Å². The van der Waals surface area contributed by atoms with Crippen LogP contribution in [0.4, 0.5) is 0 Å². The third-order valence-corrected chi connectivity index (χ3v) is 0.287. The first-order valence-corrected chi connectivity index (χ1v) is 1.47. The number of Topliss-reactive ketones (excluding diaryl/α,β-unsaturated/α-hetero) is 1. The molecule has 0 aliphatic rings. The Balaban J connectivity index is 0.